The summed E-state index contributed by atoms with van der Waals surface area (Å²) in [7, 11) is 0. The molecule has 1 saturated heterocycles. The summed E-state index contributed by atoms with van der Waals surface area (Å²) in [4.78, 5) is 16.3. The third kappa shape index (κ3) is 3.98. The third-order valence-electron chi connectivity index (χ3n) is 4.35. The molecular formula is C19H17ClFN3O. The Hall–Kier alpha value is -2.42. The van der Waals surface area contributed by atoms with E-state index in [1.54, 1.807) is 41.3 Å². The number of piperazine rings is 1. The smallest absolute Gasteiger partial charge is 0.253 e. The summed E-state index contributed by atoms with van der Waals surface area (Å²) in [5.74, 6) is -0.380. The van der Waals surface area contributed by atoms with E-state index in [4.69, 9.17) is 11.6 Å². The molecule has 0 spiro atoms. The van der Waals surface area contributed by atoms with Gasteiger partial charge in [0.25, 0.3) is 5.91 Å². The molecule has 2 aromatic carbocycles. The molecule has 0 radical (unpaired) electrons. The lowest BCUT2D eigenvalue weighted by Crippen LogP contribution is -2.49. The van der Waals surface area contributed by atoms with Crippen molar-refractivity contribution in [2.75, 3.05) is 26.2 Å². The highest BCUT2D eigenvalue weighted by molar-refractivity contribution is 6.30. The first-order valence-electron chi connectivity index (χ1n) is 8.02. The highest BCUT2D eigenvalue weighted by atomic mass is 35.5. The molecular weight excluding hydrogens is 341 g/mol. The van der Waals surface area contributed by atoms with Crippen molar-refractivity contribution in [2.24, 2.45) is 0 Å². The molecule has 1 fully saturated rings. The van der Waals surface area contributed by atoms with Crippen LogP contribution in [-0.2, 0) is 0 Å². The lowest BCUT2D eigenvalue weighted by Gasteiger charge is -2.37. The second-order valence-electron chi connectivity index (χ2n) is 5.92. The van der Waals surface area contributed by atoms with Crippen molar-refractivity contribution < 1.29 is 9.18 Å². The molecule has 0 aliphatic carbocycles. The summed E-state index contributed by atoms with van der Waals surface area (Å²) < 4.78 is 13.1. The van der Waals surface area contributed by atoms with Gasteiger partial charge in [-0.05, 0) is 35.9 Å². The Morgan fingerprint density at radius 1 is 1.12 bits per heavy atom. The molecule has 0 bridgehead atoms. The van der Waals surface area contributed by atoms with E-state index in [0.29, 0.717) is 36.8 Å². The fourth-order valence-electron chi connectivity index (χ4n) is 3.00. The number of amides is 1. The second kappa shape index (κ2) is 7.64. The number of hydrogen-bond acceptors (Lipinski definition) is 3. The molecule has 25 heavy (non-hydrogen) atoms. The van der Waals surface area contributed by atoms with Crippen molar-refractivity contribution in [3.63, 3.8) is 0 Å². The Labute approximate surface area is 151 Å². The Morgan fingerprint density at radius 2 is 1.80 bits per heavy atom. The van der Waals surface area contributed by atoms with E-state index >= 15 is 0 Å². The molecule has 0 aromatic heterocycles. The van der Waals surface area contributed by atoms with Crippen molar-refractivity contribution in [3.05, 3.63) is 70.5 Å². The predicted octanol–water partition coefficient (Wildman–Crippen LogP) is 3.50. The number of carbonyl (C=O) groups excluding carboxylic acids is 1. The molecule has 0 N–H and O–H groups in total. The standard InChI is InChI=1S/C19H17ClFN3O/c20-16-3-1-2-15(12-16)19(25)24-10-8-23(9-11-24)18(13-22)14-4-6-17(21)7-5-14/h1-7,12,18H,8-11H2/t18-/m1/s1. The maximum absolute atomic E-state index is 13.1. The molecule has 6 heteroatoms. The zero-order chi connectivity index (χ0) is 17.8. The molecule has 1 atom stereocenters. The highest BCUT2D eigenvalue weighted by Gasteiger charge is 2.27. The topological polar surface area (TPSA) is 47.3 Å². The van der Waals surface area contributed by atoms with E-state index in [1.807, 2.05) is 4.90 Å². The Morgan fingerprint density at radius 3 is 2.40 bits per heavy atom. The molecule has 4 nitrogen and oxygen atoms in total. The highest BCUT2D eigenvalue weighted by Crippen LogP contribution is 2.22. The quantitative estimate of drug-likeness (QED) is 0.844. The SMILES string of the molecule is N#C[C@H](c1ccc(F)cc1)N1CCN(C(=O)c2cccc(Cl)c2)CC1. The normalized spacial score (nSPS) is 16.3. The van der Waals surface area contributed by atoms with Crippen molar-refractivity contribution in [1.29, 1.82) is 5.26 Å². The Bertz CT molecular complexity index is 795. The first kappa shape index (κ1) is 17.4. The van der Waals surface area contributed by atoms with Crippen molar-refractivity contribution in [3.8, 4) is 6.07 Å². The van der Waals surface area contributed by atoms with Crippen molar-refractivity contribution in [1.82, 2.24) is 9.80 Å². The summed E-state index contributed by atoms with van der Waals surface area (Å²) in [6, 6.07) is 14.7. The molecule has 1 heterocycles. The van der Waals surface area contributed by atoms with Crippen LogP contribution < -0.4 is 0 Å². The average Bonchev–Trinajstić information content (AvgIpc) is 2.64. The maximum atomic E-state index is 13.1. The van der Waals surface area contributed by atoms with Crippen LogP contribution in [0.3, 0.4) is 0 Å². The number of halogens is 2. The van der Waals surface area contributed by atoms with Gasteiger partial charge in [-0.2, -0.15) is 5.26 Å². The van der Waals surface area contributed by atoms with Gasteiger partial charge in [-0.15, -0.1) is 0 Å². The van der Waals surface area contributed by atoms with Crippen LogP contribution in [-0.4, -0.2) is 41.9 Å². The summed E-state index contributed by atoms with van der Waals surface area (Å²) in [5, 5.41) is 10.0. The molecule has 3 rings (SSSR count). The number of benzene rings is 2. The first-order chi connectivity index (χ1) is 12.1. The van der Waals surface area contributed by atoms with Gasteiger partial charge in [-0.3, -0.25) is 9.69 Å². The van der Waals surface area contributed by atoms with Gasteiger partial charge in [-0.1, -0.05) is 29.8 Å². The molecule has 1 aliphatic rings. The lowest BCUT2D eigenvalue weighted by atomic mass is 10.1. The number of nitrogens with zero attached hydrogens (tertiary/aromatic N) is 3. The van der Waals surface area contributed by atoms with Crippen LogP contribution in [0.1, 0.15) is 22.0 Å². The molecule has 128 valence electrons. The fourth-order valence-corrected chi connectivity index (χ4v) is 3.19. The van der Waals surface area contributed by atoms with Crippen LogP contribution >= 0.6 is 11.6 Å². The number of hydrogen-bond donors (Lipinski definition) is 0. The fraction of sp³-hybridized carbons (Fsp3) is 0.263. The van der Waals surface area contributed by atoms with E-state index in [2.05, 4.69) is 6.07 Å². The summed E-state index contributed by atoms with van der Waals surface area (Å²) in [6.07, 6.45) is 0. The minimum atomic E-state index is -0.441. The predicted molar refractivity (Wildman–Crippen MR) is 93.7 cm³/mol. The number of carbonyl (C=O) groups is 1. The van der Waals surface area contributed by atoms with E-state index < -0.39 is 6.04 Å². The third-order valence-corrected chi connectivity index (χ3v) is 4.58. The summed E-state index contributed by atoms with van der Waals surface area (Å²) >= 11 is 5.95. The van der Waals surface area contributed by atoms with E-state index in [1.165, 1.54) is 12.1 Å². The molecule has 1 amide bonds. The Balaban J connectivity index is 1.65. The zero-order valence-corrected chi connectivity index (χ0v) is 14.3. The van der Waals surface area contributed by atoms with Crippen LogP contribution in [0.15, 0.2) is 48.5 Å². The zero-order valence-electron chi connectivity index (χ0n) is 13.5. The van der Waals surface area contributed by atoms with Crippen molar-refractivity contribution in [2.45, 2.75) is 6.04 Å². The molecule has 2 aromatic rings. The van der Waals surface area contributed by atoms with Gasteiger partial charge in [0.05, 0.1) is 6.07 Å². The summed E-state index contributed by atoms with van der Waals surface area (Å²) in [5.41, 5.74) is 1.33. The number of nitriles is 1. The van der Waals surface area contributed by atoms with E-state index in [-0.39, 0.29) is 11.7 Å². The second-order valence-corrected chi connectivity index (χ2v) is 6.36. The summed E-state index contributed by atoms with van der Waals surface area (Å²) in [6.45, 7) is 2.24. The first-order valence-corrected chi connectivity index (χ1v) is 8.40. The van der Waals surface area contributed by atoms with Crippen LogP contribution in [0.25, 0.3) is 0 Å². The lowest BCUT2D eigenvalue weighted by molar-refractivity contribution is 0.0606. The van der Waals surface area contributed by atoms with Gasteiger partial charge < -0.3 is 4.90 Å². The van der Waals surface area contributed by atoms with Gasteiger partial charge in [0.15, 0.2) is 0 Å². The molecule has 0 unspecified atom stereocenters. The van der Waals surface area contributed by atoms with Crippen LogP contribution in [0.4, 0.5) is 4.39 Å². The van der Waals surface area contributed by atoms with Crippen LogP contribution in [0.2, 0.25) is 5.02 Å². The van der Waals surface area contributed by atoms with Crippen LogP contribution in [0.5, 0.6) is 0 Å². The van der Waals surface area contributed by atoms with Crippen LogP contribution in [0, 0.1) is 17.1 Å². The molecule has 0 saturated carbocycles. The molecule has 1 aliphatic heterocycles. The average molecular weight is 358 g/mol. The minimum Gasteiger partial charge on any atom is -0.336 e. The monoisotopic (exact) mass is 357 g/mol. The van der Waals surface area contributed by atoms with E-state index in [0.717, 1.165) is 5.56 Å². The van der Waals surface area contributed by atoms with Gasteiger partial charge in [0.2, 0.25) is 0 Å². The van der Waals surface area contributed by atoms with Gasteiger partial charge in [0.1, 0.15) is 11.9 Å². The van der Waals surface area contributed by atoms with Gasteiger partial charge >= 0.3 is 0 Å². The van der Waals surface area contributed by atoms with Gasteiger partial charge in [0, 0.05) is 36.8 Å². The largest absolute Gasteiger partial charge is 0.336 e. The maximum Gasteiger partial charge on any atom is 0.253 e. The van der Waals surface area contributed by atoms with Crippen molar-refractivity contribution >= 4 is 17.5 Å². The van der Waals surface area contributed by atoms with Gasteiger partial charge in [-0.25, -0.2) is 4.39 Å². The minimum absolute atomic E-state index is 0.0579. The van der Waals surface area contributed by atoms with E-state index in [9.17, 15) is 14.4 Å². The Kier molecular flexibility index (Phi) is 5.32. The number of rotatable bonds is 3.